The van der Waals surface area contributed by atoms with Gasteiger partial charge in [-0.1, -0.05) is 17.7 Å². The highest BCUT2D eigenvalue weighted by molar-refractivity contribution is 6.33. The Morgan fingerprint density at radius 1 is 1.19 bits per heavy atom. The van der Waals surface area contributed by atoms with E-state index in [0.29, 0.717) is 10.7 Å². The molecule has 2 N–H and O–H groups in total. The maximum absolute atomic E-state index is 6.36. The van der Waals surface area contributed by atoms with Crippen molar-refractivity contribution in [1.29, 1.82) is 0 Å². The highest BCUT2D eigenvalue weighted by Crippen LogP contribution is 2.37. The average molecular weight is 301 g/mol. The Morgan fingerprint density at radius 3 is 2.62 bits per heavy atom. The van der Waals surface area contributed by atoms with E-state index in [0.717, 1.165) is 22.4 Å². The largest absolute Gasteiger partial charge is 0.398 e. The Kier molecular flexibility index (Phi) is 3.14. The first kappa shape index (κ1) is 13.9. The van der Waals surface area contributed by atoms with Crippen LogP contribution in [0, 0.1) is 0 Å². The van der Waals surface area contributed by atoms with Crippen molar-refractivity contribution in [2.75, 3.05) is 5.73 Å². The predicted molar refractivity (Wildman–Crippen MR) is 87.4 cm³/mol. The van der Waals surface area contributed by atoms with Gasteiger partial charge >= 0.3 is 0 Å². The summed E-state index contributed by atoms with van der Waals surface area (Å²) in [6.07, 6.45) is 3.53. The van der Waals surface area contributed by atoms with Crippen LogP contribution >= 0.6 is 11.6 Å². The van der Waals surface area contributed by atoms with E-state index in [9.17, 15) is 0 Å². The number of anilines is 1. The third-order valence-electron chi connectivity index (χ3n) is 3.40. The van der Waals surface area contributed by atoms with Crippen LogP contribution in [0.2, 0.25) is 5.02 Å². The van der Waals surface area contributed by atoms with Gasteiger partial charge in [0.2, 0.25) is 0 Å². The molecule has 108 valence electrons. The Labute approximate surface area is 128 Å². The van der Waals surface area contributed by atoms with E-state index in [1.807, 2.05) is 24.3 Å². The van der Waals surface area contributed by atoms with Crippen LogP contribution in [0.3, 0.4) is 0 Å². The fourth-order valence-electron chi connectivity index (χ4n) is 2.56. The minimum Gasteiger partial charge on any atom is -0.398 e. The van der Waals surface area contributed by atoms with Crippen LogP contribution in [0.4, 0.5) is 5.69 Å². The summed E-state index contributed by atoms with van der Waals surface area (Å²) in [5.41, 5.74) is 9.22. The summed E-state index contributed by atoms with van der Waals surface area (Å²) >= 11 is 6.36. The number of aromatic nitrogens is 3. The van der Waals surface area contributed by atoms with Crippen molar-refractivity contribution in [2.45, 2.75) is 26.3 Å². The molecule has 0 unspecified atom stereocenters. The van der Waals surface area contributed by atoms with E-state index in [1.54, 1.807) is 12.4 Å². The number of nitrogen functional groups attached to an aromatic ring is 1. The van der Waals surface area contributed by atoms with Crippen LogP contribution in [0.15, 0.2) is 36.7 Å². The maximum atomic E-state index is 6.36. The second-order valence-corrected chi connectivity index (χ2v) is 6.42. The molecule has 0 amide bonds. The van der Waals surface area contributed by atoms with Crippen LogP contribution in [-0.4, -0.2) is 14.5 Å². The molecule has 0 atom stereocenters. The Bertz CT molecular complexity index is 794. The molecule has 0 spiro atoms. The van der Waals surface area contributed by atoms with Crippen molar-refractivity contribution in [1.82, 2.24) is 14.5 Å². The Hall–Kier alpha value is -2.07. The summed E-state index contributed by atoms with van der Waals surface area (Å²) < 4.78 is 2.15. The third-order valence-corrected chi connectivity index (χ3v) is 3.71. The molecule has 3 aromatic rings. The number of pyridine rings is 1. The number of hydrogen-bond donors (Lipinski definition) is 1. The lowest BCUT2D eigenvalue weighted by Crippen LogP contribution is -2.22. The Morgan fingerprint density at radius 2 is 1.95 bits per heavy atom. The lowest BCUT2D eigenvalue weighted by Gasteiger charge is -2.25. The Balaban J connectivity index is 2.43. The lowest BCUT2D eigenvalue weighted by atomic mass is 10.1. The number of halogens is 1. The molecule has 0 saturated heterocycles. The summed E-state index contributed by atoms with van der Waals surface area (Å²) in [7, 11) is 0. The molecular weight excluding hydrogens is 284 g/mol. The van der Waals surface area contributed by atoms with E-state index >= 15 is 0 Å². The predicted octanol–water partition coefficient (Wildman–Crippen LogP) is 4.09. The normalized spacial score (nSPS) is 12.0. The second-order valence-electron chi connectivity index (χ2n) is 6.01. The first-order valence-electron chi connectivity index (χ1n) is 6.77. The second kappa shape index (κ2) is 4.74. The van der Waals surface area contributed by atoms with E-state index in [-0.39, 0.29) is 5.54 Å². The van der Waals surface area contributed by atoms with Gasteiger partial charge in [-0.25, -0.2) is 4.98 Å². The van der Waals surface area contributed by atoms with Gasteiger partial charge < -0.3 is 10.3 Å². The molecule has 0 aliphatic carbocycles. The maximum Gasteiger partial charge on any atom is 0.145 e. The molecule has 3 rings (SSSR count). The van der Waals surface area contributed by atoms with E-state index in [2.05, 4.69) is 30.3 Å². The van der Waals surface area contributed by atoms with Gasteiger partial charge in [-0.2, -0.15) is 0 Å². The van der Waals surface area contributed by atoms with Crippen LogP contribution in [-0.2, 0) is 5.54 Å². The molecule has 0 aliphatic heterocycles. The van der Waals surface area contributed by atoms with Crippen LogP contribution in [0.1, 0.15) is 20.8 Å². The number of rotatable bonds is 1. The smallest absolute Gasteiger partial charge is 0.145 e. The summed E-state index contributed by atoms with van der Waals surface area (Å²) in [5.74, 6) is 0.772. The van der Waals surface area contributed by atoms with Gasteiger partial charge in [-0.3, -0.25) is 4.98 Å². The monoisotopic (exact) mass is 300 g/mol. The quantitative estimate of drug-likeness (QED) is 0.689. The number of hydrogen-bond acceptors (Lipinski definition) is 3. The standard InChI is InChI=1S/C16H17ClN4/c1-16(2,3)21-13-7-8-19-9-12(13)20-15(21)14-10(17)5-4-6-11(14)18/h4-9H,18H2,1-3H3. The van der Waals surface area contributed by atoms with Gasteiger partial charge in [0.25, 0.3) is 0 Å². The van der Waals surface area contributed by atoms with Gasteiger partial charge in [0.1, 0.15) is 11.3 Å². The third kappa shape index (κ3) is 2.25. The zero-order valence-corrected chi connectivity index (χ0v) is 13.0. The van der Waals surface area contributed by atoms with Crippen LogP contribution in [0.5, 0.6) is 0 Å². The molecule has 0 aliphatic rings. The van der Waals surface area contributed by atoms with Crippen molar-refractivity contribution in [3.63, 3.8) is 0 Å². The number of nitrogens with zero attached hydrogens (tertiary/aromatic N) is 3. The summed E-state index contributed by atoms with van der Waals surface area (Å²) in [6, 6.07) is 7.47. The van der Waals surface area contributed by atoms with Gasteiger partial charge in [0.05, 0.1) is 22.3 Å². The van der Waals surface area contributed by atoms with Crippen molar-refractivity contribution < 1.29 is 0 Å². The number of imidazole rings is 1. The van der Waals surface area contributed by atoms with Gasteiger partial charge in [-0.05, 0) is 39.0 Å². The number of fused-ring (bicyclic) bond motifs is 1. The van der Waals surface area contributed by atoms with Crippen LogP contribution < -0.4 is 5.73 Å². The van der Waals surface area contributed by atoms with Crippen molar-refractivity contribution in [2.24, 2.45) is 0 Å². The molecule has 1 aromatic carbocycles. The zero-order chi connectivity index (χ0) is 15.2. The molecule has 5 heteroatoms. The number of nitrogens with two attached hydrogens (primary N) is 1. The zero-order valence-electron chi connectivity index (χ0n) is 12.3. The molecule has 2 aromatic heterocycles. The molecule has 0 bridgehead atoms. The molecule has 2 heterocycles. The van der Waals surface area contributed by atoms with Crippen molar-refractivity contribution >= 4 is 28.3 Å². The fraction of sp³-hybridized carbons (Fsp3) is 0.250. The highest BCUT2D eigenvalue weighted by atomic mass is 35.5. The first-order chi connectivity index (χ1) is 9.89. The van der Waals surface area contributed by atoms with E-state index in [1.165, 1.54) is 0 Å². The average Bonchev–Trinajstić information content (AvgIpc) is 2.77. The molecular formula is C16H17ClN4. The minimum atomic E-state index is -0.156. The molecule has 4 nitrogen and oxygen atoms in total. The summed E-state index contributed by atoms with van der Waals surface area (Å²) in [4.78, 5) is 8.85. The minimum absolute atomic E-state index is 0.156. The summed E-state index contributed by atoms with van der Waals surface area (Å²) in [6.45, 7) is 6.39. The molecule has 0 fully saturated rings. The highest BCUT2D eigenvalue weighted by Gasteiger charge is 2.24. The van der Waals surface area contributed by atoms with Crippen LogP contribution in [0.25, 0.3) is 22.4 Å². The lowest BCUT2D eigenvalue weighted by molar-refractivity contribution is 0.413. The molecule has 21 heavy (non-hydrogen) atoms. The summed E-state index contributed by atoms with van der Waals surface area (Å²) in [5, 5.41) is 0.601. The fourth-order valence-corrected chi connectivity index (χ4v) is 2.82. The van der Waals surface area contributed by atoms with E-state index in [4.69, 9.17) is 22.3 Å². The van der Waals surface area contributed by atoms with Gasteiger partial charge in [-0.15, -0.1) is 0 Å². The SMILES string of the molecule is CC(C)(C)n1c(-c2c(N)cccc2Cl)nc2cnccc21. The molecule has 0 saturated carbocycles. The first-order valence-corrected chi connectivity index (χ1v) is 7.14. The number of benzene rings is 1. The van der Waals surface area contributed by atoms with E-state index < -0.39 is 0 Å². The molecule has 0 radical (unpaired) electrons. The van der Waals surface area contributed by atoms with Gasteiger partial charge in [0, 0.05) is 17.4 Å². The van der Waals surface area contributed by atoms with Crippen molar-refractivity contribution in [3.05, 3.63) is 41.7 Å². The topological polar surface area (TPSA) is 56.7 Å². The van der Waals surface area contributed by atoms with Crippen molar-refractivity contribution in [3.8, 4) is 11.4 Å². The van der Waals surface area contributed by atoms with Gasteiger partial charge in [0.15, 0.2) is 0 Å².